The number of benzene rings is 2. The summed E-state index contributed by atoms with van der Waals surface area (Å²) in [4.78, 5) is 11.7. The normalized spacial score (nSPS) is 11.3. The molecule has 2 aromatic rings. The summed E-state index contributed by atoms with van der Waals surface area (Å²) in [6.07, 6.45) is 0.311. The van der Waals surface area contributed by atoms with Crippen LogP contribution in [0.25, 0.3) is 0 Å². The standard InChI is InChI=1S/C18H22N2O2.ClH/c1-13-10-16(22-12-15-6-4-3-5-7-15)8-9-17(13)20-18(21)11-14(2)19;/h3-10,14H,11-12,19H2,1-2H3,(H,20,21);1H. The number of ether oxygens (including phenoxy) is 1. The molecular weight excluding hydrogens is 312 g/mol. The van der Waals surface area contributed by atoms with Gasteiger partial charge in [-0.05, 0) is 43.2 Å². The van der Waals surface area contributed by atoms with E-state index in [1.807, 2.05) is 62.4 Å². The van der Waals surface area contributed by atoms with Gasteiger partial charge in [0.05, 0.1) is 0 Å². The van der Waals surface area contributed by atoms with Crippen molar-refractivity contribution in [3.63, 3.8) is 0 Å². The lowest BCUT2D eigenvalue weighted by atomic mass is 10.1. The highest BCUT2D eigenvalue weighted by atomic mass is 35.5. The largest absolute Gasteiger partial charge is 0.489 e. The van der Waals surface area contributed by atoms with E-state index in [9.17, 15) is 4.79 Å². The lowest BCUT2D eigenvalue weighted by molar-refractivity contribution is -0.116. The smallest absolute Gasteiger partial charge is 0.225 e. The molecule has 0 bridgehead atoms. The lowest BCUT2D eigenvalue weighted by Crippen LogP contribution is -2.24. The van der Waals surface area contributed by atoms with Gasteiger partial charge < -0.3 is 15.8 Å². The van der Waals surface area contributed by atoms with Crippen LogP contribution in [0.2, 0.25) is 0 Å². The molecule has 0 aliphatic rings. The summed E-state index contributed by atoms with van der Waals surface area (Å²) >= 11 is 0. The third kappa shape index (κ3) is 6.30. The minimum absolute atomic E-state index is 0. The van der Waals surface area contributed by atoms with Crippen LogP contribution in [0.5, 0.6) is 5.75 Å². The van der Waals surface area contributed by atoms with E-state index in [1.165, 1.54) is 0 Å². The molecule has 2 aromatic carbocycles. The fraction of sp³-hybridized carbons (Fsp3) is 0.278. The predicted molar refractivity (Wildman–Crippen MR) is 96.1 cm³/mol. The third-order valence-electron chi connectivity index (χ3n) is 3.23. The van der Waals surface area contributed by atoms with Crippen molar-refractivity contribution < 1.29 is 9.53 Å². The number of hydrogen-bond donors (Lipinski definition) is 2. The SMILES string of the molecule is Cc1cc(OCc2ccccc2)ccc1NC(=O)CC(C)N.Cl. The molecule has 0 radical (unpaired) electrons. The molecule has 1 atom stereocenters. The molecule has 0 aliphatic carbocycles. The summed E-state index contributed by atoms with van der Waals surface area (Å²) in [5, 5.41) is 2.87. The third-order valence-corrected chi connectivity index (χ3v) is 3.23. The maximum atomic E-state index is 11.7. The summed E-state index contributed by atoms with van der Waals surface area (Å²) in [6.45, 7) is 4.28. The minimum Gasteiger partial charge on any atom is -0.489 e. The van der Waals surface area contributed by atoms with Crippen molar-refractivity contribution >= 4 is 24.0 Å². The molecule has 2 rings (SSSR count). The Morgan fingerprint density at radius 3 is 2.52 bits per heavy atom. The number of halogens is 1. The second-order valence-corrected chi connectivity index (χ2v) is 5.48. The van der Waals surface area contributed by atoms with E-state index in [0.29, 0.717) is 13.0 Å². The molecular formula is C18H23ClN2O2. The summed E-state index contributed by atoms with van der Waals surface area (Å²) < 4.78 is 5.76. The van der Waals surface area contributed by atoms with Crippen LogP contribution in [0.3, 0.4) is 0 Å². The maximum absolute atomic E-state index is 11.7. The highest BCUT2D eigenvalue weighted by Crippen LogP contribution is 2.22. The molecule has 0 spiro atoms. The van der Waals surface area contributed by atoms with Gasteiger partial charge in [-0.2, -0.15) is 0 Å². The van der Waals surface area contributed by atoms with Crippen LogP contribution in [-0.2, 0) is 11.4 Å². The van der Waals surface area contributed by atoms with Gasteiger partial charge in [0.25, 0.3) is 0 Å². The van der Waals surface area contributed by atoms with Crippen molar-refractivity contribution in [1.82, 2.24) is 0 Å². The molecule has 0 saturated heterocycles. The number of aryl methyl sites for hydroxylation is 1. The topological polar surface area (TPSA) is 64.3 Å². The van der Waals surface area contributed by atoms with E-state index in [1.54, 1.807) is 0 Å². The van der Waals surface area contributed by atoms with Gasteiger partial charge in [-0.15, -0.1) is 12.4 Å². The number of carbonyl (C=O) groups is 1. The predicted octanol–water partition coefficient (Wildman–Crippen LogP) is 3.67. The van der Waals surface area contributed by atoms with Crippen LogP contribution >= 0.6 is 12.4 Å². The Bertz CT molecular complexity index is 630. The van der Waals surface area contributed by atoms with Crippen LogP contribution in [-0.4, -0.2) is 11.9 Å². The maximum Gasteiger partial charge on any atom is 0.225 e. The fourth-order valence-electron chi connectivity index (χ4n) is 2.10. The van der Waals surface area contributed by atoms with Gasteiger partial charge in [-0.25, -0.2) is 0 Å². The molecule has 0 heterocycles. The zero-order chi connectivity index (χ0) is 15.9. The van der Waals surface area contributed by atoms with E-state index in [-0.39, 0.29) is 24.4 Å². The van der Waals surface area contributed by atoms with Gasteiger partial charge in [0, 0.05) is 18.2 Å². The first-order valence-electron chi connectivity index (χ1n) is 7.37. The summed E-state index contributed by atoms with van der Waals surface area (Å²) in [7, 11) is 0. The van der Waals surface area contributed by atoms with Gasteiger partial charge in [-0.3, -0.25) is 4.79 Å². The molecule has 23 heavy (non-hydrogen) atoms. The van der Waals surface area contributed by atoms with Crippen molar-refractivity contribution in [3.05, 3.63) is 59.7 Å². The molecule has 0 aliphatic heterocycles. The van der Waals surface area contributed by atoms with E-state index >= 15 is 0 Å². The first-order chi connectivity index (χ1) is 10.5. The van der Waals surface area contributed by atoms with Crippen LogP contribution in [0, 0.1) is 6.92 Å². The summed E-state index contributed by atoms with van der Waals surface area (Å²) in [6, 6.07) is 15.5. The number of anilines is 1. The number of hydrogen-bond acceptors (Lipinski definition) is 3. The number of nitrogens with two attached hydrogens (primary N) is 1. The number of rotatable bonds is 6. The molecule has 0 fully saturated rings. The van der Waals surface area contributed by atoms with Crippen molar-refractivity contribution in [3.8, 4) is 5.75 Å². The average molecular weight is 335 g/mol. The van der Waals surface area contributed by atoms with E-state index in [4.69, 9.17) is 10.5 Å². The first-order valence-corrected chi connectivity index (χ1v) is 7.37. The van der Waals surface area contributed by atoms with E-state index in [2.05, 4.69) is 5.32 Å². The summed E-state index contributed by atoms with van der Waals surface area (Å²) in [5.74, 6) is 0.711. The zero-order valence-electron chi connectivity index (χ0n) is 13.4. The monoisotopic (exact) mass is 334 g/mol. The van der Waals surface area contributed by atoms with Gasteiger partial charge in [0.2, 0.25) is 5.91 Å². The van der Waals surface area contributed by atoms with E-state index < -0.39 is 0 Å². The minimum atomic E-state index is -0.145. The van der Waals surface area contributed by atoms with Crippen molar-refractivity contribution in [2.75, 3.05) is 5.32 Å². The molecule has 0 aromatic heterocycles. The quantitative estimate of drug-likeness (QED) is 0.847. The van der Waals surface area contributed by atoms with Crippen LogP contribution in [0.15, 0.2) is 48.5 Å². The van der Waals surface area contributed by atoms with Crippen molar-refractivity contribution in [1.29, 1.82) is 0 Å². The molecule has 1 amide bonds. The summed E-state index contributed by atoms with van der Waals surface area (Å²) in [5.41, 5.74) is 8.49. The molecule has 0 saturated carbocycles. The van der Waals surface area contributed by atoms with E-state index in [0.717, 1.165) is 22.6 Å². The molecule has 4 nitrogen and oxygen atoms in total. The van der Waals surface area contributed by atoms with Gasteiger partial charge >= 0.3 is 0 Å². The number of nitrogens with one attached hydrogen (secondary N) is 1. The first kappa shape index (κ1) is 19.0. The second-order valence-electron chi connectivity index (χ2n) is 5.48. The lowest BCUT2D eigenvalue weighted by Gasteiger charge is -2.12. The van der Waals surface area contributed by atoms with Gasteiger partial charge in [0.15, 0.2) is 0 Å². The van der Waals surface area contributed by atoms with Crippen molar-refractivity contribution in [2.45, 2.75) is 32.9 Å². The fourth-order valence-corrected chi connectivity index (χ4v) is 2.10. The Hall–Kier alpha value is -2.04. The average Bonchev–Trinajstić information content (AvgIpc) is 2.48. The second kappa shape index (κ2) is 9.18. The Morgan fingerprint density at radius 1 is 1.22 bits per heavy atom. The Morgan fingerprint density at radius 2 is 1.91 bits per heavy atom. The zero-order valence-corrected chi connectivity index (χ0v) is 14.2. The highest BCUT2D eigenvalue weighted by molar-refractivity contribution is 5.91. The van der Waals surface area contributed by atoms with Gasteiger partial charge in [0.1, 0.15) is 12.4 Å². The molecule has 1 unspecified atom stereocenters. The molecule has 3 N–H and O–H groups in total. The van der Waals surface area contributed by atoms with Crippen molar-refractivity contribution in [2.24, 2.45) is 5.73 Å². The highest BCUT2D eigenvalue weighted by Gasteiger charge is 2.08. The molecule has 124 valence electrons. The number of carbonyl (C=O) groups excluding carboxylic acids is 1. The number of amides is 1. The molecule has 5 heteroatoms. The van der Waals surface area contributed by atoms with Crippen LogP contribution < -0.4 is 15.8 Å². The Labute approximate surface area is 143 Å². The Balaban J connectivity index is 0.00000264. The Kier molecular flexibility index (Phi) is 7.59. The van der Waals surface area contributed by atoms with Crippen LogP contribution in [0.1, 0.15) is 24.5 Å². The van der Waals surface area contributed by atoms with Gasteiger partial charge in [-0.1, -0.05) is 30.3 Å². The van der Waals surface area contributed by atoms with Crippen LogP contribution in [0.4, 0.5) is 5.69 Å².